The molecule has 35 heavy (non-hydrogen) atoms. The first-order valence-corrected chi connectivity index (χ1v) is 11.6. The molecule has 5 nitrogen and oxygen atoms in total. The molecule has 0 amide bonds. The number of rotatable bonds is 5. The molecule has 0 aliphatic carbocycles. The van der Waals surface area contributed by atoms with Crippen LogP contribution >= 0.6 is 0 Å². The van der Waals surface area contributed by atoms with Crippen LogP contribution in [0.1, 0.15) is 33.4 Å². The van der Waals surface area contributed by atoms with Crippen LogP contribution in [0, 0.1) is 41.5 Å². The summed E-state index contributed by atoms with van der Waals surface area (Å²) in [6.45, 7) is 11.6. The molecule has 4 aromatic rings. The lowest BCUT2D eigenvalue weighted by molar-refractivity contribution is 0.446. The van der Waals surface area contributed by atoms with Crippen molar-refractivity contribution in [3.63, 3.8) is 0 Å². The van der Waals surface area contributed by atoms with Crippen molar-refractivity contribution in [1.29, 1.82) is 0 Å². The molecule has 0 spiro atoms. The number of hydrogen-bond donors (Lipinski definition) is 3. The Morgan fingerprint density at radius 1 is 0.514 bits per heavy atom. The zero-order chi connectivity index (χ0) is 25.4. The van der Waals surface area contributed by atoms with Gasteiger partial charge in [-0.05, 0) is 124 Å². The van der Waals surface area contributed by atoms with Crippen LogP contribution in [0.4, 0.5) is 17.1 Å². The van der Waals surface area contributed by atoms with Crippen molar-refractivity contribution < 1.29 is 20.1 Å². The fourth-order valence-corrected chi connectivity index (χ4v) is 4.23. The van der Waals surface area contributed by atoms with Crippen LogP contribution in [0.5, 0.6) is 28.7 Å². The first kappa shape index (κ1) is 24.0. The van der Waals surface area contributed by atoms with E-state index in [1.54, 1.807) is 18.2 Å². The van der Waals surface area contributed by atoms with Crippen molar-refractivity contribution in [2.45, 2.75) is 41.5 Å². The van der Waals surface area contributed by atoms with Crippen LogP contribution in [0.2, 0.25) is 0 Å². The second kappa shape index (κ2) is 9.26. The number of benzene rings is 4. The van der Waals surface area contributed by atoms with Crippen LogP contribution < -0.4 is 9.64 Å². The number of hydrogen-bond acceptors (Lipinski definition) is 5. The Labute approximate surface area is 206 Å². The molecule has 0 heterocycles. The van der Waals surface area contributed by atoms with E-state index in [2.05, 4.69) is 4.90 Å². The molecule has 0 fully saturated rings. The zero-order valence-electron chi connectivity index (χ0n) is 21.0. The third-order valence-electron chi connectivity index (χ3n) is 6.83. The maximum atomic E-state index is 10.2. The minimum atomic E-state index is 0.199. The van der Waals surface area contributed by atoms with Crippen molar-refractivity contribution in [1.82, 2.24) is 0 Å². The van der Waals surface area contributed by atoms with Crippen molar-refractivity contribution in [2.24, 2.45) is 0 Å². The van der Waals surface area contributed by atoms with E-state index in [4.69, 9.17) is 4.74 Å². The molecule has 0 saturated heterocycles. The normalized spacial score (nSPS) is 10.9. The van der Waals surface area contributed by atoms with Gasteiger partial charge in [-0.1, -0.05) is 6.07 Å². The molecule has 0 radical (unpaired) electrons. The molecule has 0 unspecified atom stereocenters. The topological polar surface area (TPSA) is 73.2 Å². The Morgan fingerprint density at radius 3 is 1.49 bits per heavy atom. The summed E-state index contributed by atoms with van der Waals surface area (Å²) in [6.07, 6.45) is 0. The van der Waals surface area contributed by atoms with Crippen molar-refractivity contribution in [3.05, 3.63) is 94.0 Å². The minimum absolute atomic E-state index is 0.199. The van der Waals surface area contributed by atoms with Gasteiger partial charge in [0.25, 0.3) is 0 Å². The molecule has 180 valence electrons. The summed E-state index contributed by atoms with van der Waals surface area (Å²) in [4.78, 5) is 2.12. The predicted molar refractivity (Wildman–Crippen MR) is 141 cm³/mol. The maximum absolute atomic E-state index is 10.2. The van der Waals surface area contributed by atoms with Gasteiger partial charge in [0.05, 0.1) is 0 Å². The molecular weight excluding hydrogens is 438 g/mol. The van der Waals surface area contributed by atoms with E-state index in [0.717, 1.165) is 44.9 Å². The molecule has 0 bridgehead atoms. The Kier molecular flexibility index (Phi) is 6.35. The first-order valence-electron chi connectivity index (χ1n) is 11.6. The highest BCUT2D eigenvalue weighted by Crippen LogP contribution is 2.43. The Morgan fingerprint density at radius 2 is 0.971 bits per heavy atom. The Hall–Kier alpha value is -4.12. The molecule has 0 saturated carbocycles. The highest BCUT2D eigenvalue weighted by molar-refractivity contribution is 5.82. The van der Waals surface area contributed by atoms with Crippen LogP contribution in [0.15, 0.2) is 60.7 Å². The summed E-state index contributed by atoms with van der Waals surface area (Å²) in [5, 5.41) is 30.6. The fraction of sp³-hybridized carbons (Fsp3) is 0.200. The predicted octanol–water partition coefficient (Wildman–Crippen LogP) is 7.92. The van der Waals surface area contributed by atoms with E-state index >= 15 is 0 Å². The number of phenols is 3. The summed E-state index contributed by atoms with van der Waals surface area (Å²) in [5.41, 5.74) is 7.96. The number of ether oxygens (including phenoxy) is 1. The number of aromatic hydroxyl groups is 3. The second-order valence-corrected chi connectivity index (χ2v) is 8.99. The highest BCUT2D eigenvalue weighted by atomic mass is 16.5. The van der Waals surface area contributed by atoms with Crippen molar-refractivity contribution in [2.75, 3.05) is 4.90 Å². The fourth-order valence-electron chi connectivity index (χ4n) is 4.23. The largest absolute Gasteiger partial charge is 0.508 e. The Bertz CT molecular complexity index is 1350. The van der Waals surface area contributed by atoms with Gasteiger partial charge in [0, 0.05) is 22.6 Å². The molecule has 0 aliphatic rings. The van der Waals surface area contributed by atoms with Gasteiger partial charge in [-0.3, -0.25) is 0 Å². The van der Waals surface area contributed by atoms with Crippen molar-refractivity contribution >= 4 is 17.1 Å². The summed E-state index contributed by atoms with van der Waals surface area (Å²) >= 11 is 0. The van der Waals surface area contributed by atoms with Gasteiger partial charge >= 0.3 is 0 Å². The average Bonchev–Trinajstić information content (AvgIpc) is 2.85. The van der Waals surface area contributed by atoms with Gasteiger partial charge in [0.2, 0.25) is 0 Å². The van der Waals surface area contributed by atoms with E-state index in [-0.39, 0.29) is 17.2 Å². The first-order chi connectivity index (χ1) is 16.6. The lowest BCUT2D eigenvalue weighted by Gasteiger charge is -2.30. The molecule has 4 rings (SSSR count). The van der Waals surface area contributed by atoms with E-state index < -0.39 is 0 Å². The Balaban J connectivity index is 1.82. The van der Waals surface area contributed by atoms with E-state index in [9.17, 15) is 15.3 Å². The second-order valence-electron chi connectivity index (χ2n) is 8.99. The number of anilines is 3. The van der Waals surface area contributed by atoms with Crippen LogP contribution in [-0.4, -0.2) is 15.3 Å². The molecule has 3 N–H and O–H groups in total. The number of nitrogens with zero attached hydrogens (tertiary/aromatic N) is 1. The van der Waals surface area contributed by atoms with Gasteiger partial charge in [-0.25, -0.2) is 0 Å². The van der Waals surface area contributed by atoms with Crippen LogP contribution in [-0.2, 0) is 0 Å². The molecular formula is C30H31NO4. The SMILES string of the molecule is Cc1ccc(O)c(C)c1Oc1ccc(N(c2ccc(O)c(C)c2C)c2ccc(O)c(C)c2C)cc1. The zero-order valence-corrected chi connectivity index (χ0v) is 21.0. The summed E-state index contributed by atoms with van der Waals surface area (Å²) in [6, 6.07) is 18.5. The summed E-state index contributed by atoms with van der Waals surface area (Å²) in [5.74, 6) is 2.01. The van der Waals surface area contributed by atoms with Gasteiger partial charge in [0.15, 0.2) is 0 Å². The third-order valence-corrected chi connectivity index (χ3v) is 6.83. The van der Waals surface area contributed by atoms with Crippen molar-refractivity contribution in [3.8, 4) is 28.7 Å². The average molecular weight is 470 g/mol. The van der Waals surface area contributed by atoms with Crippen LogP contribution in [0.25, 0.3) is 0 Å². The third kappa shape index (κ3) is 4.37. The van der Waals surface area contributed by atoms with Gasteiger partial charge < -0.3 is 25.0 Å². The molecule has 5 heteroatoms. The molecule has 0 aliphatic heterocycles. The lowest BCUT2D eigenvalue weighted by Crippen LogP contribution is -2.13. The molecule has 0 aromatic heterocycles. The van der Waals surface area contributed by atoms with Gasteiger partial charge in [-0.2, -0.15) is 0 Å². The van der Waals surface area contributed by atoms with E-state index in [1.165, 1.54) is 0 Å². The monoisotopic (exact) mass is 469 g/mol. The number of phenolic OH excluding ortho intramolecular Hbond substituents is 3. The maximum Gasteiger partial charge on any atom is 0.136 e. The summed E-state index contributed by atoms with van der Waals surface area (Å²) < 4.78 is 6.14. The lowest BCUT2D eigenvalue weighted by atomic mass is 10.0. The smallest absolute Gasteiger partial charge is 0.136 e. The quantitative estimate of drug-likeness (QED) is 0.277. The van der Waals surface area contributed by atoms with Crippen LogP contribution in [0.3, 0.4) is 0 Å². The van der Waals surface area contributed by atoms with E-state index in [0.29, 0.717) is 17.1 Å². The molecule has 0 atom stereocenters. The number of aryl methyl sites for hydroxylation is 1. The summed E-state index contributed by atoms with van der Waals surface area (Å²) in [7, 11) is 0. The molecule has 4 aromatic carbocycles. The standard InChI is InChI=1S/C30H31NO4/c1-17-7-14-29(34)22(6)30(17)35-24-10-8-23(9-11-24)31(25-12-15-27(32)20(4)18(25)2)26-13-16-28(33)21(5)19(26)3/h7-16,32-34H,1-6H3. The van der Waals surface area contributed by atoms with Gasteiger partial charge in [0.1, 0.15) is 28.7 Å². The van der Waals surface area contributed by atoms with E-state index in [1.807, 2.05) is 84.0 Å². The minimum Gasteiger partial charge on any atom is -0.508 e. The highest BCUT2D eigenvalue weighted by Gasteiger charge is 2.20. The van der Waals surface area contributed by atoms with Gasteiger partial charge in [-0.15, -0.1) is 0 Å².